The Bertz CT molecular complexity index is 2960. The highest BCUT2D eigenvalue weighted by atomic mass is 16.6. The number of rotatable bonds is 8. The van der Waals surface area contributed by atoms with Crippen LogP contribution < -0.4 is 5.32 Å². The van der Waals surface area contributed by atoms with Crippen LogP contribution in [0.2, 0.25) is 0 Å². The number of aromatic carboxylic acids is 2. The van der Waals surface area contributed by atoms with Crippen molar-refractivity contribution >= 4 is 51.5 Å². The Labute approximate surface area is 340 Å². The lowest BCUT2D eigenvalue weighted by Gasteiger charge is -2.24. The number of nitrogens with one attached hydrogen (secondary N) is 2. The quantitative estimate of drug-likeness (QED) is 0.0874. The SMILES string of the molecule is O=C(O)c1ccc(/C2=C3\C=CC(N3)C(c3ccccc3[N+](=O)[O-])C3=N/C(=C(/c4ccccc4[N+](=O)[O-])c4ccc([nH]4)/C(c4ccc(C(=O)O)cc4)=C4/C=CC2=N4)C=C3)cc1. The summed E-state index contributed by atoms with van der Waals surface area (Å²) in [5.41, 5.74) is 7.00. The van der Waals surface area contributed by atoms with Gasteiger partial charge in [0, 0.05) is 51.5 Å². The van der Waals surface area contributed by atoms with Gasteiger partial charge in [-0.1, -0.05) is 60.7 Å². The second-order valence-corrected chi connectivity index (χ2v) is 14.2. The molecule has 2 atom stereocenters. The number of nitro groups is 2. The van der Waals surface area contributed by atoms with E-state index in [-0.39, 0.29) is 28.1 Å². The number of aromatic nitrogens is 1. The zero-order chi connectivity index (χ0) is 41.7. The number of nitrogens with zero attached hydrogens (tertiary/aromatic N) is 4. The highest BCUT2D eigenvalue weighted by molar-refractivity contribution is 6.32. The number of allylic oxidation sites excluding steroid dienone is 6. The van der Waals surface area contributed by atoms with E-state index in [1.165, 1.54) is 36.4 Å². The van der Waals surface area contributed by atoms with Crippen molar-refractivity contribution in [1.82, 2.24) is 10.3 Å². The molecule has 292 valence electrons. The predicted molar refractivity (Wildman–Crippen MR) is 225 cm³/mol. The first kappa shape index (κ1) is 37.1. The monoisotopic (exact) mass is 794 g/mol. The highest BCUT2D eigenvalue weighted by Gasteiger charge is 2.36. The number of carboxylic acid groups (broad SMARTS) is 2. The van der Waals surface area contributed by atoms with Crippen LogP contribution in [0.1, 0.15) is 60.3 Å². The first-order chi connectivity index (χ1) is 29.0. The van der Waals surface area contributed by atoms with E-state index < -0.39 is 33.7 Å². The molecule has 0 amide bonds. The van der Waals surface area contributed by atoms with Gasteiger partial charge in [0.05, 0.1) is 61.3 Å². The van der Waals surface area contributed by atoms with E-state index >= 15 is 0 Å². The van der Waals surface area contributed by atoms with E-state index in [1.54, 1.807) is 78.9 Å². The maximum Gasteiger partial charge on any atom is 0.335 e. The Morgan fingerprint density at radius 3 is 1.82 bits per heavy atom. The number of aromatic amines is 1. The molecule has 9 rings (SSSR count). The van der Waals surface area contributed by atoms with Gasteiger partial charge in [-0.3, -0.25) is 25.2 Å². The molecule has 0 saturated carbocycles. The van der Waals surface area contributed by atoms with E-state index in [0.29, 0.717) is 73.3 Å². The third-order valence-corrected chi connectivity index (χ3v) is 10.7. The Hall–Kier alpha value is -8.52. The summed E-state index contributed by atoms with van der Waals surface area (Å²) >= 11 is 0. The van der Waals surface area contributed by atoms with Gasteiger partial charge in [-0.2, -0.15) is 0 Å². The summed E-state index contributed by atoms with van der Waals surface area (Å²) in [6.45, 7) is 0. The Balaban J connectivity index is 1.34. The summed E-state index contributed by atoms with van der Waals surface area (Å²) in [5.74, 6) is -2.91. The van der Waals surface area contributed by atoms with Gasteiger partial charge in [0.1, 0.15) is 0 Å². The van der Waals surface area contributed by atoms with E-state index in [9.17, 15) is 40.0 Å². The number of carbonyl (C=O) groups is 2. The number of hydrogen-bond acceptors (Lipinski definition) is 9. The summed E-state index contributed by atoms with van der Waals surface area (Å²) in [6, 6.07) is 28.5. The van der Waals surface area contributed by atoms with Gasteiger partial charge >= 0.3 is 11.9 Å². The molecule has 0 saturated heterocycles. The largest absolute Gasteiger partial charge is 0.478 e. The fraction of sp³-hybridized carbons (Fsp3) is 0.0435. The standard InChI is InChI=1S/C46H30N6O8/c53-45(54)27-13-9-25(10-14-27)41-31-17-18-32(47-31)42(26-11-15-28(16-12-26)46(55)56)34-20-22-36(49-34)44(30-6-2-4-8-40(30)52(59)60)38-24-23-37(50-38)43(35-21-19-33(41)48-35)29-5-1-3-7-39(29)51(57)58/h1-24,35,43,48-49H,(H,53,54)(H,55,56)/b41-33-,42-32-,44-38-. The minimum Gasteiger partial charge on any atom is -0.478 e. The molecule has 14 nitrogen and oxygen atoms in total. The minimum atomic E-state index is -1.09. The zero-order valence-electron chi connectivity index (χ0n) is 31.1. The van der Waals surface area contributed by atoms with E-state index in [1.807, 2.05) is 30.4 Å². The summed E-state index contributed by atoms with van der Waals surface area (Å²) in [5, 5.41) is 48.0. The molecule has 4 N–H and O–H groups in total. The number of H-pyrrole nitrogens is 1. The molecular formula is C46H30N6O8. The number of nitro benzene ring substituents is 2. The maximum atomic E-state index is 12.5. The van der Waals surface area contributed by atoms with E-state index in [0.717, 1.165) is 0 Å². The van der Waals surface area contributed by atoms with Crippen molar-refractivity contribution < 1.29 is 29.6 Å². The van der Waals surface area contributed by atoms with Crippen LogP contribution in [0.3, 0.4) is 0 Å². The summed E-state index contributed by atoms with van der Waals surface area (Å²) < 4.78 is 0. The normalized spacial score (nSPS) is 21.4. The van der Waals surface area contributed by atoms with Gasteiger partial charge in [-0.25, -0.2) is 14.6 Å². The fourth-order valence-corrected chi connectivity index (χ4v) is 8.00. The molecule has 5 heterocycles. The van der Waals surface area contributed by atoms with E-state index in [2.05, 4.69) is 10.3 Å². The first-order valence-electron chi connectivity index (χ1n) is 18.6. The zero-order valence-corrected chi connectivity index (χ0v) is 31.1. The molecule has 4 aromatic carbocycles. The van der Waals surface area contributed by atoms with Crippen molar-refractivity contribution in [3.63, 3.8) is 0 Å². The topological polar surface area (TPSA) is 213 Å². The van der Waals surface area contributed by atoms with Crippen LogP contribution in [0.4, 0.5) is 11.4 Å². The number of fused-ring (bicyclic) bond motifs is 6. The molecule has 60 heavy (non-hydrogen) atoms. The minimum absolute atomic E-state index is 0.0885. The molecule has 0 spiro atoms. The lowest BCUT2D eigenvalue weighted by Crippen LogP contribution is -2.33. The van der Waals surface area contributed by atoms with Crippen LogP contribution in [0.5, 0.6) is 0 Å². The maximum absolute atomic E-state index is 12.5. The van der Waals surface area contributed by atoms with Crippen LogP contribution in [0.15, 0.2) is 173 Å². The predicted octanol–water partition coefficient (Wildman–Crippen LogP) is 8.50. The van der Waals surface area contributed by atoms with Crippen LogP contribution in [-0.2, 0) is 0 Å². The van der Waals surface area contributed by atoms with Crippen molar-refractivity contribution in [1.29, 1.82) is 0 Å². The van der Waals surface area contributed by atoms with Gasteiger partial charge < -0.3 is 20.5 Å². The Morgan fingerprint density at radius 2 is 1.17 bits per heavy atom. The lowest BCUT2D eigenvalue weighted by atomic mass is 9.86. The summed E-state index contributed by atoms with van der Waals surface area (Å²) in [6.07, 6.45) is 10.9. The number of carboxylic acids is 2. The summed E-state index contributed by atoms with van der Waals surface area (Å²) in [4.78, 5) is 61.5. The molecule has 1 aromatic heterocycles. The number of para-hydroxylation sites is 2. The van der Waals surface area contributed by atoms with Crippen LogP contribution >= 0.6 is 0 Å². The smallest absolute Gasteiger partial charge is 0.335 e. The molecule has 4 aliphatic rings. The van der Waals surface area contributed by atoms with Crippen molar-refractivity contribution in [2.75, 3.05) is 0 Å². The fourth-order valence-electron chi connectivity index (χ4n) is 8.00. The molecule has 4 aliphatic heterocycles. The third-order valence-electron chi connectivity index (χ3n) is 10.7. The van der Waals surface area contributed by atoms with Gasteiger partial charge in [-0.05, 0) is 84.0 Å². The first-order valence-corrected chi connectivity index (χ1v) is 18.6. The Morgan fingerprint density at radius 1 is 0.600 bits per heavy atom. The van der Waals surface area contributed by atoms with Crippen molar-refractivity contribution in [2.45, 2.75) is 12.0 Å². The number of aliphatic imine (C=N–C) groups is 2. The molecular weight excluding hydrogens is 765 g/mol. The molecule has 0 aliphatic carbocycles. The number of benzene rings is 4. The van der Waals surface area contributed by atoms with Gasteiger partial charge in [0.2, 0.25) is 0 Å². The Kier molecular flexibility index (Phi) is 9.13. The lowest BCUT2D eigenvalue weighted by molar-refractivity contribution is -0.385. The average Bonchev–Trinajstić information content (AvgIpc) is 4.10. The van der Waals surface area contributed by atoms with Crippen molar-refractivity contribution in [2.24, 2.45) is 9.98 Å². The van der Waals surface area contributed by atoms with Crippen LogP contribution in [-0.4, -0.2) is 54.4 Å². The molecule has 0 fully saturated rings. The second kappa shape index (κ2) is 14.8. The molecule has 2 unspecified atom stereocenters. The average molecular weight is 795 g/mol. The molecule has 5 aromatic rings. The number of hydrogen-bond donors (Lipinski definition) is 4. The van der Waals surface area contributed by atoms with Crippen LogP contribution in [0, 0.1) is 20.2 Å². The van der Waals surface area contributed by atoms with Gasteiger partial charge in [0.15, 0.2) is 0 Å². The molecule has 0 radical (unpaired) electrons. The molecule has 14 heteroatoms. The summed E-state index contributed by atoms with van der Waals surface area (Å²) in [7, 11) is 0. The third kappa shape index (κ3) is 6.53. The van der Waals surface area contributed by atoms with Crippen LogP contribution in [0.25, 0.3) is 16.7 Å². The second-order valence-electron chi connectivity index (χ2n) is 14.2. The van der Waals surface area contributed by atoms with E-state index in [4.69, 9.17) is 9.98 Å². The van der Waals surface area contributed by atoms with Crippen molar-refractivity contribution in [3.05, 3.63) is 228 Å². The van der Waals surface area contributed by atoms with Crippen molar-refractivity contribution in [3.8, 4) is 0 Å². The molecule has 8 bridgehead atoms. The highest BCUT2D eigenvalue weighted by Crippen LogP contribution is 2.42. The van der Waals surface area contributed by atoms with Gasteiger partial charge in [-0.15, -0.1) is 0 Å². The van der Waals surface area contributed by atoms with Gasteiger partial charge in [0.25, 0.3) is 11.4 Å².